The zero-order valence-electron chi connectivity index (χ0n) is 10.5. The molecule has 0 aliphatic heterocycles. The second-order valence-electron chi connectivity index (χ2n) is 4.80. The average Bonchev–Trinajstić information content (AvgIpc) is 2.88. The van der Waals surface area contributed by atoms with Crippen LogP contribution in [0.4, 0.5) is 0 Å². The molecule has 2 nitrogen and oxygen atoms in total. The number of hydrogen-bond donors (Lipinski definition) is 1. The van der Waals surface area contributed by atoms with Crippen LogP contribution >= 0.6 is 11.6 Å². The van der Waals surface area contributed by atoms with Crippen molar-refractivity contribution in [2.45, 2.75) is 25.9 Å². The van der Waals surface area contributed by atoms with Crippen LogP contribution in [0.15, 0.2) is 36.4 Å². The molecule has 1 aliphatic carbocycles. The molecule has 0 aromatic heterocycles. The van der Waals surface area contributed by atoms with Crippen molar-refractivity contribution < 1.29 is 9.84 Å². The second kappa shape index (κ2) is 5.24. The van der Waals surface area contributed by atoms with Crippen molar-refractivity contribution in [3.63, 3.8) is 0 Å². The zero-order chi connectivity index (χ0) is 13.2. The summed E-state index contributed by atoms with van der Waals surface area (Å²) in [6.07, 6.45) is 3.51. The van der Waals surface area contributed by atoms with Crippen molar-refractivity contribution in [3.05, 3.63) is 58.1 Å². The van der Waals surface area contributed by atoms with Crippen LogP contribution < -0.4 is 4.74 Å². The summed E-state index contributed by atoms with van der Waals surface area (Å²) in [5.74, 6) is 1.47. The summed E-state index contributed by atoms with van der Waals surface area (Å²) in [4.78, 5) is 0. The molecule has 2 aromatic rings. The maximum atomic E-state index is 9.34. The molecule has 0 spiro atoms. The first-order valence-electron chi connectivity index (χ1n) is 6.45. The molecule has 0 saturated heterocycles. The van der Waals surface area contributed by atoms with E-state index in [0.717, 1.165) is 12.2 Å². The molecule has 98 valence electrons. The van der Waals surface area contributed by atoms with Gasteiger partial charge in [-0.3, -0.25) is 0 Å². The first-order chi connectivity index (χ1) is 9.26. The van der Waals surface area contributed by atoms with Crippen LogP contribution in [0.5, 0.6) is 11.5 Å². The number of aryl methyl sites for hydroxylation is 2. The molecule has 3 heteroatoms. The van der Waals surface area contributed by atoms with Gasteiger partial charge >= 0.3 is 0 Å². The SMILES string of the molecule is OCc1cc(Cl)ccc1Oc1ccc2c(c1)CCC2. The molecule has 0 amide bonds. The Balaban J connectivity index is 1.89. The van der Waals surface area contributed by atoms with Crippen LogP contribution in [0.3, 0.4) is 0 Å². The maximum absolute atomic E-state index is 9.34. The van der Waals surface area contributed by atoms with E-state index in [1.54, 1.807) is 18.2 Å². The molecule has 1 N–H and O–H groups in total. The average molecular weight is 275 g/mol. The van der Waals surface area contributed by atoms with Gasteiger partial charge in [-0.05, 0) is 60.7 Å². The molecule has 2 aromatic carbocycles. The number of hydrogen-bond acceptors (Lipinski definition) is 2. The lowest BCUT2D eigenvalue weighted by molar-refractivity contribution is 0.276. The van der Waals surface area contributed by atoms with Gasteiger partial charge in [0.1, 0.15) is 11.5 Å². The number of aliphatic hydroxyl groups excluding tert-OH is 1. The number of rotatable bonds is 3. The van der Waals surface area contributed by atoms with Gasteiger partial charge in [-0.15, -0.1) is 0 Å². The van der Waals surface area contributed by atoms with Gasteiger partial charge in [0, 0.05) is 10.6 Å². The highest BCUT2D eigenvalue weighted by atomic mass is 35.5. The summed E-state index contributed by atoms with van der Waals surface area (Å²) < 4.78 is 5.86. The first-order valence-corrected chi connectivity index (χ1v) is 6.83. The summed E-state index contributed by atoms with van der Waals surface area (Å²) in [6.45, 7) is -0.0825. The van der Waals surface area contributed by atoms with Gasteiger partial charge < -0.3 is 9.84 Å². The highest BCUT2D eigenvalue weighted by molar-refractivity contribution is 6.30. The molecule has 0 saturated carbocycles. The molecule has 0 heterocycles. The summed E-state index contributed by atoms with van der Waals surface area (Å²) in [6, 6.07) is 11.5. The predicted octanol–water partition coefficient (Wildman–Crippen LogP) is 4.11. The fourth-order valence-electron chi connectivity index (χ4n) is 2.51. The minimum Gasteiger partial charge on any atom is -0.457 e. The topological polar surface area (TPSA) is 29.5 Å². The van der Waals surface area contributed by atoms with E-state index >= 15 is 0 Å². The van der Waals surface area contributed by atoms with E-state index in [1.165, 1.54) is 24.0 Å². The Morgan fingerprint density at radius 1 is 1.05 bits per heavy atom. The molecule has 0 fully saturated rings. The molecular weight excluding hydrogens is 260 g/mol. The van der Waals surface area contributed by atoms with Crippen molar-refractivity contribution in [2.75, 3.05) is 0 Å². The smallest absolute Gasteiger partial charge is 0.133 e. The van der Waals surface area contributed by atoms with E-state index in [9.17, 15) is 5.11 Å². The first kappa shape index (κ1) is 12.5. The van der Waals surface area contributed by atoms with Crippen molar-refractivity contribution in [1.29, 1.82) is 0 Å². The van der Waals surface area contributed by atoms with Gasteiger partial charge in [-0.1, -0.05) is 17.7 Å². The van der Waals surface area contributed by atoms with Crippen molar-refractivity contribution in [2.24, 2.45) is 0 Å². The number of ether oxygens (including phenoxy) is 1. The largest absolute Gasteiger partial charge is 0.457 e. The molecule has 3 rings (SSSR count). The lowest BCUT2D eigenvalue weighted by atomic mass is 10.1. The van der Waals surface area contributed by atoms with Gasteiger partial charge in [-0.2, -0.15) is 0 Å². The van der Waals surface area contributed by atoms with Crippen LogP contribution in [-0.4, -0.2) is 5.11 Å². The van der Waals surface area contributed by atoms with Crippen LogP contribution in [0.1, 0.15) is 23.1 Å². The van der Waals surface area contributed by atoms with Crippen LogP contribution in [0, 0.1) is 0 Å². The Bertz CT molecular complexity index is 608. The quantitative estimate of drug-likeness (QED) is 0.912. The third-order valence-electron chi connectivity index (χ3n) is 3.49. The minimum absolute atomic E-state index is 0.0825. The van der Waals surface area contributed by atoms with E-state index < -0.39 is 0 Å². The molecule has 0 bridgehead atoms. The maximum Gasteiger partial charge on any atom is 0.133 e. The van der Waals surface area contributed by atoms with E-state index in [-0.39, 0.29) is 6.61 Å². The Morgan fingerprint density at radius 2 is 1.89 bits per heavy atom. The summed E-state index contributed by atoms with van der Waals surface area (Å²) >= 11 is 5.91. The Hall–Kier alpha value is -1.51. The standard InChI is InChI=1S/C16H15ClO2/c17-14-5-7-16(13(8-14)10-18)19-15-6-4-11-2-1-3-12(11)9-15/h4-9,18H,1-3,10H2. The summed E-state index contributed by atoms with van der Waals surface area (Å²) in [5, 5.41) is 9.94. The second-order valence-corrected chi connectivity index (χ2v) is 5.23. The lowest BCUT2D eigenvalue weighted by Crippen LogP contribution is -1.93. The van der Waals surface area contributed by atoms with Gasteiger partial charge in [0.05, 0.1) is 6.61 Å². The molecular formula is C16H15ClO2. The van der Waals surface area contributed by atoms with E-state index in [4.69, 9.17) is 16.3 Å². The van der Waals surface area contributed by atoms with Crippen LogP contribution in [-0.2, 0) is 19.4 Å². The molecule has 19 heavy (non-hydrogen) atoms. The third kappa shape index (κ3) is 2.60. The van der Waals surface area contributed by atoms with Crippen molar-refractivity contribution in [1.82, 2.24) is 0 Å². The van der Waals surface area contributed by atoms with Gasteiger partial charge in [0.15, 0.2) is 0 Å². The fourth-order valence-corrected chi connectivity index (χ4v) is 2.70. The monoisotopic (exact) mass is 274 g/mol. The van der Waals surface area contributed by atoms with Crippen molar-refractivity contribution >= 4 is 11.6 Å². The fraction of sp³-hybridized carbons (Fsp3) is 0.250. The predicted molar refractivity (Wildman–Crippen MR) is 75.9 cm³/mol. The lowest BCUT2D eigenvalue weighted by Gasteiger charge is -2.11. The highest BCUT2D eigenvalue weighted by Crippen LogP contribution is 2.31. The van der Waals surface area contributed by atoms with Gasteiger partial charge in [0.25, 0.3) is 0 Å². The summed E-state index contributed by atoms with van der Waals surface area (Å²) in [5.41, 5.74) is 3.50. The Kier molecular flexibility index (Phi) is 3.45. The van der Waals surface area contributed by atoms with Gasteiger partial charge in [-0.25, -0.2) is 0 Å². The molecule has 0 radical (unpaired) electrons. The molecule has 1 aliphatic rings. The molecule has 0 unspecified atom stereocenters. The normalized spacial score (nSPS) is 13.4. The molecule has 0 atom stereocenters. The van der Waals surface area contributed by atoms with E-state index in [1.807, 2.05) is 6.07 Å². The third-order valence-corrected chi connectivity index (χ3v) is 3.73. The number of fused-ring (bicyclic) bond motifs is 1. The Labute approximate surface area is 117 Å². The number of halogens is 1. The zero-order valence-corrected chi connectivity index (χ0v) is 11.3. The number of aliphatic hydroxyl groups is 1. The van der Waals surface area contributed by atoms with Crippen LogP contribution in [0.25, 0.3) is 0 Å². The Morgan fingerprint density at radius 3 is 2.74 bits per heavy atom. The highest BCUT2D eigenvalue weighted by Gasteiger charge is 2.12. The number of benzene rings is 2. The van der Waals surface area contributed by atoms with Gasteiger partial charge in [0.2, 0.25) is 0 Å². The summed E-state index contributed by atoms with van der Waals surface area (Å²) in [7, 11) is 0. The van der Waals surface area contributed by atoms with E-state index in [0.29, 0.717) is 16.3 Å². The minimum atomic E-state index is -0.0825. The van der Waals surface area contributed by atoms with Crippen LogP contribution in [0.2, 0.25) is 5.02 Å². The van der Waals surface area contributed by atoms with Crippen molar-refractivity contribution in [3.8, 4) is 11.5 Å². The van der Waals surface area contributed by atoms with E-state index in [2.05, 4.69) is 12.1 Å².